The molecule has 3 nitrogen and oxygen atoms in total. The summed E-state index contributed by atoms with van der Waals surface area (Å²) in [7, 11) is 4.33. The molecule has 0 radical (unpaired) electrons. The largest absolute Gasteiger partial charge is 0.302 e. The van der Waals surface area contributed by atoms with Crippen LogP contribution < -0.4 is 11.3 Å². The predicted molar refractivity (Wildman–Crippen MR) is 74.6 cm³/mol. The minimum absolute atomic E-state index is 0.153. The van der Waals surface area contributed by atoms with Crippen LogP contribution in [0.25, 0.3) is 0 Å². The number of hydrogen-bond donors (Lipinski definition) is 2. The molecule has 3 N–H and O–H groups in total. The molecule has 3 heteroatoms. The Kier molecular flexibility index (Phi) is 5.42. The van der Waals surface area contributed by atoms with Gasteiger partial charge in [0.25, 0.3) is 0 Å². The maximum Gasteiger partial charge on any atom is 0.0419 e. The van der Waals surface area contributed by atoms with Crippen molar-refractivity contribution in [1.82, 2.24) is 10.3 Å². The number of nitrogens with two attached hydrogens (primary N) is 1. The molecule has 0 bridgehead atoms. The fourth-order valence-electron chi connectivity index (χ4n) is 3.26. The second-order valence-electron chi connectivity index (χ2n) is 6.27. The van der Waals surface area contributed by atoms with Crippen molar-refractivity contribution in [1.29, 1.82) is 0 Å². The van der Waals surface area contributed by atoms with E-state index in [1.807, 2.05) is 0 Å². The SMILES string of the molecule is CCC(C)(C(NN)C1CCC(C)CC1)N(C)C. The van der Waals surface area contributed by atoms with Gasteiger partial charge in [-0.05, 0) is 52.1 Å². The summed E-state index contributed by atoms with van der Waals surface area (Å²) in [6.45, 7) is 6.96. The van der Waals surface area contributed by atoms with E-state index < -0.39 is 0 Å². The van der Waals surface area contributed by atoms with Crippen molar-refractivity contribution in [2.24, 2.45) is 17.7 Å². The number of hydrogen-bond acceptors (Lipinski definition) is 3. The minimum atomic E-state index is 0.153. The average molecular weight is 241 g/mol. The van der Waals surface area contributed by atoms with Gasteiger partial charge in [0.05, 0.1) is 0 Å². The molecule has 0 aromatic rings. The van der Waals surface area contributed by atoms with Crippen molar-refractivity contribution in [3.8, 4) is 0 Å². The van der Waals surface area contributed by atoms with Crippen molar-refractivity contribution < 1.29 is 0 Å². The lowest BCUT2D eigenvalue weighted by Gasteiger charge is -2.47. The number of nitrogens with one attached hydrogen (secondary N) is 1. The Morgan fingerprint density at radius 3 is 2.18 bits per heavy atom. The first-order valence-corrected chi connectivity index (χ1v) is 7.09. The number of hydrazine groups is 1. The van der Waals surface area contributed by atoms with Crippen LogP contribution in [-0.4, -0.2) is 30.6 Å². The molecule has 0 spiro atoms. The lowest BCUT2D eigenvalue weighted by atomic mass is 9.72. The summed E-state index contributed by atoms with van der Waals surface area (Å²) in [6, 6.07) is 0.398. The lowest BCUT2D eigenvalue weighted by Crippen LogP contribution is -2.62. The molecule has 102 valence electrons. The van der Waals surface area contributed by atoms with Crippen LogP contribution >= 0.6 is 0 Å². The van der Waals surface area contributed by atoms with Gasteiger partial charge in [0.2, 0.25) is 0 Å². The highest BCUT2D eigenvalue weighted by Gasteiger charge is 2.39. The van der Waals surface area contributed by atoms with Crippen LogP contribution in [0.15, 0.2) is 0 Å². The van der Waals surface area contributed by atoms with E-state index in [9.17, 15) is 0 Å². The maximum absolute atomic E-state index is 5.86. The molecule has 2 unspecified atom stereocenters. The molecule has 17 heavy (non-hydrogen) atoms. The van der Waals surface area contributed by atoms with Crippen molar-refractivity contribution in [2.75, 3.05) is 14.1 Å². The third-order valence-electron chi connectivity index (χ3n) is 5.12. The fourth-order valence-corrected chi connectivity index (χ4v) is 3.26. The van der Waals surface area contributed by atoms with Gasteiger partial charge in [0, 0.05) is 11.6 Å². The number of nitrogens with zero attached hydrogens (tertiary/aromatic N) is 1. The molecular formula is C14H31N3. The molecule has 0 amide bonds. The quantitative estimate of drug-likeness (QED) is 0.573. The summed E-state index contributed by atoms with van der Waals surface area (Å²) in [5.74, 6) is 7.49. The van der Waals surface area contributed by atoms with Gasteiger partial charge in [0.1, 0.15) is 0 Å². The molecule has 0 saturated heterocycles. The van der Waals surface area contributed by atoms with Crippen molar-refractivity contribution in [3.05, 3.63) is 0 Å². The van der Waals surface area contributed by atoms with Gasteiger partial charge < -0.3 is 4.90 Å². The molecule has 1 rings (SSSR count). The highest BCUT2D eigenvalue weighted by molar-refractivity contribution is 4.97. The monoisotopic (exact) mass is 241 g/mol. The van der Waals surface area contributed by atoms with Gasteiger partial charge >= 0.3 is 0 Å². The Labute approximate surface area is 107 Å². The van der Waals surface area contributed by atoms with Crippen molar-refractivity contribution in [2.45, 2.75) is 64.5 Å². The first kappa shape index (κ1) is 14.9. The van der Waals surface area contributed by atoms with Crippen LogP contribution in [0.1, 0.15) is 52.9 Å². The Bertz CT molecular complexity index is 222. The predicted octanol–water partition coefficient (Wildman–Crippen LogP) is 2.37. The molecule has 0 aromatic heterocycles. The van der Waals surface area contributed by atoms with Crippen LogP contribution in [-0.2, 0) is 0 Å². The van der Waals surface area contributed by atoms with E-state index >= 15 is 0 Å². The van der Waals surface area contributed by atoms with Gasteiger partial charge in [-0.2, -0.15) is 0 Å². The molecule has 0 aliphatic heterocycles. The Hall–Kier alpha value is -0.120. The zero-order valence-electron chi connectivity index (χ0n) is 12.3. The summed E-state index contributed by atoms with van der Waals surface area (Å²) in [4.78, 5) is 2.33. The number of rotatable bonds is 5. The molecular weight excluding hydrogens is 210 g/mol. The zero-order valence-corrected chi connectivity index (χ0v) is 12.3. The average Bonchev–Trinajstić information content (AvgIpc) is 2.31. The molecule has 1 aliphatic carbocycles. The fraction of sp³-hybridized carbons (Fsp3) is 1.00. The van der Waals surface area contributed by atoms with Gasteiger partial charge in [-0.3, -0.25) is 11.3 Å². The first-order chi connectivity index (χ1) is 7.95. The number of likely N-dealkylation sites (N-methyl/N-ethyl adjacent to an activating group) is 1. The molecule has 1 fully saturated rings. The third kappa shape index (κ3) is 3.21. The molecule has 0 aromatic carbocycles. The second-order valence-corrected chi connectivity index (χ2v) is 6.27. The molecule has 1 saturated carbocycles. The van der Waals surface area contributed by atoms with Crippen LogP contribution in [0.2, 0.25) is 0 Å². The maximum atomic E-state index is 5.86. The summed E-state index contributed by atoms with van der Waals surface area (Å²) >= 11 is 0. The Balaban J connectivity index is 2.75. The molecule has 0 heterocycles. The lowest BCUT2D eigenvalue weighted by molar-refractivity contribution is 0.0627. The van der Waals surface area contributed by atoms with Crippen LogP contribution in [0, 0.1) is 11.8 Å². The van der Waals surface area contributed by atoms with Gasteiger partial charge in [-0.1, -0.05) is 26.7 Å². The summed E-state index contributed by atoms with van der Waals surface area (Å²) in [5.41, 5.74) is 3.27. The summed E-state index contributed by atoms with van der Waals surface area (Å²) in [6.07, 6.45) is 6.48. The smallest absolute Gasteiger partial charge is 0.0419 e. The standard InChI is InChI=1S/C14H31N3/c1-6-14(3,17(4)5)13(16-15)12-9-7-11(2)8-10-12/h11-13,16H,6-10,15H2,1-5H3. The highest BCUT2D eigenvalue weighted by Crippen LogP contribution is 2.36. The highest BCUT2D eigenvalue weighted by atomic mass is 15.3. The summed E-state index contributed by atoms with van der Waals surface area (Å²) in [5, 5.41) is 0. The van der Waals surface area contributed by atoms with E-state index in [1.54, 1.807) is 0 Å². The minimum Gasteiger partial charge on any atom is -0.302 e. The Morgan fingerprint density at radius 2 is 1.82 bits per heavy atom. The van der Waals surface area contributed by atoms with Crippen LogP contribution in [0.4, 0.5) is 0 Å². The van der Waals surface area contributed by atoms with Gasteiger partial charge in [0.15, 0.2) is 0 Å². The van der Waals surface area contributed by atoms with Gasteiger partial charge in [-0.25, -0.2) is 0 Å². The van der Waals surface area contributed by atoms with Crippen molar-refractivity contribution in [3.63, 3.8) is 0 Å². The van der Waals surface area contributed by atoms with E-state index in [0.29, 0.717) is 6.04 Å². The first-order valence-electron chi connectivity index (χ1n) is 7.09. The zero-order chi connectivity index (χ0) is 13.1. The van der Waals surface area contributed by atoms with E-state index in [4.69, 9.17) is 5.84 Å². The van der Waals surface area contributed by atoms with Crippen molar-refractivity contribution >= 4 is 0 Å². The Morgan fingerprint density at radius 1 is 1.29 bits per heavy atom. The van der Waals surface area contributed by atoms with E-state index in [0.717, 1.165) is 18.3 Å². The van der Waals surface area contributed by atoms with E-state index in [2.05, 4.69) is 45.2 Å². The topological polar surface area (TPSA) is 41.3 Å². The normalized spacial score (nSPS) is 31.2. The molecule has 2 atom stereocenters. The third-order valence-corrected chi connectivity index (χ3v) is 5.12. The summed E-state index contributed by atoms with van der Waals surface area (Å²) < 4.78 is 0. The van der Waals surface area contributed by atoms with Gasteiger partial charge in [-0.15, -0.1) is 0 Å². The van der Waals surface area contributed by atoms with Crippen LogP contribution in [0.3, 0.4) is 0 Å². The van der Waals surface area contributed by atoms with E-state index in [-0.39, 0.29) is 5.54 Å². The van der Waals surface area contributed by atoms with Crippen LogP contribution in [0.5, 0.6) is 0 Å². The van der Waals surface area contributed by atoms with E-state index in [1.165, 1.54) is 25.7 Å². The second kappa shape index (κ2) is 6.17. The molecule has 1 aliphatic rings.